The molecule has 9 heteroatoms. The minimum atomic E-state index is -1.10. The van der Waals surface area contributed by atoms with E-state index in [0.717, 1.165) is 0 Å². The van der Waals surface area contributed by atoms with Crippen LogP contribution in [0, 0.1) is 0 Å². The molecule has 0 unspecified atom stereocenters. The van der Waals surface area contributed by atoms with Crippen molar-refractivity contribution in [3.8, 4) is 17.2 Å². The maximum Gasteiger partial charge on any atom is 0.335 e. The van der Waals surface area contributed by atoms with Crippen LogP contribution in [0.4, 0.5) is 5.69 Å². The number of thiocarbonyl (C=S) groups is 1. The molecule has 2 aromatic rings. The molecule has 0 atom stereocenters. The molecule has 0 heterocycles. The standard InChI is InChI=1S/C18H18N2O6S/c1-24-13-6-5-11(17(22)23)8-12(13)19-18(27)20-16(21)10-4-7-14(25-2)15(9-10)26-3/h4-9H,1-3H3,(H,22,23)(H2,19,20,21,27). The number of anilines is 1. The van der Waals surface area contributed by atoms with Gasteiger partial charge in [0.15, 0.2) is 16.6 Å². The second-order valence-corrected chi connectivity index (χ2v) is 5.61. The Labute approximate surface area is 161 Å². The van der Waals surface area contributed by atoms with E-state index in [0.29, 0.717) is 28.5 Å². The minimum absolute atomic E-state index is 0.0179. The monoisotopic (exact) mass is 390 g/mol. The Bertz CT molecular complexity index is 884. The molecule has 0 bridgehead atoms. The highest BCUT2D eigenvalue weighted by Gasteiger charge is 2.14. The molecule has 0 aliphatic heterocycles. The fourth-order valence-electron chi connectivity index (χ4n) is 2.25. The number of aromatic carboxylic acids is 1. The number of hydrogen-bond acceptors (Lipinski definition) is 6. The Morgan fingerprint density at radius 1 is 0.889 bits per heavy atom. The zero-order valence-electron chi connectivity index (χ0n) is 14.9. The number of benzene rings is 2. The molecule has 0 spiro atoms. The number of hydrogen-bond donors (Lipinski definition) is 3. The van der Waals surface area contributed by atoms with E-state index in [4.69, 9.17) is 31.5 Å². The topological polar surface area (TPSA) is 106 Å². The Balaban J connectivity index is 2.15. The van der Waals surface area contributed by atoms with Crippen LogP contribution < -0.4 is 24.8 Å². The Hall–Kier alpha value is -3.33. The summed E-state index contributed by atoms with van der Waals surface area (Å²) >= 11 is 5.14. The van der Waals surface area contributed by atoms with Crippen molar-refractivity contribution in [1.29, 1.82) is 0 Å². The first-order valence-electron chi connectivity index (χ1n) is 7.65. The molecule has 2 aromatic carbocycles. The van der Waals surface area contributed by atoms with Gasteiger partial charge < -0.3 is 24.6 Å². The third-order valence-electron chi connectivity index (χ3n) is 3.57. The van der Waals surface area contributed by atoms with Crippen molar-refractivity contribution in [3.63, 3.8) is 0 Å². The van der Waals surface area contributed by atoms with Gasteiger partial charge in [-0.05, 0) is 48.6 Å². The predicted octanol–water partition coefficient (Wildman–Crippen LogP) is 2.54. The normalized spacial score (nSPS) is 9.89. The molecule has 3 N–H and O–H groups in total. The van der Waals surface area contributed by atoms with Gasteiger partial charge in [-0.1, -0.05) is 0 Å². The number of amides is 1. The molecule has 0 aliphatic rings. The third-order valence-corrected chi connectivity index (χ3v) is 3.77. The number of carbonyl (C=O) groups excluding carboxylic acids is 1. The van der Waals surface area contributed by atoms with E-state index in [1.807, 2.05) is 0 Å². The number of carboxylic acids is 1. The van der Waals surface area contributed by atoms with E-state index in [1.165, 1.54) is 45.6 Å². The minimum Gasteiger partial charge on any atom is -0.495 e. The van der Waals surface area contributed by atoms with Gasteiger partial charge in [0.2, 0.25) is 0 Å². The molecule has 2 rings (SSSR count). The van der Waals surface area contributed by atoms with Crippen LogP contribution in [0.2, 0.25) is 0 Å². The van der Waals surface area contributed by atoms with E-state index in [2.05, 4.69) is 10.6 Å². The summed E-state index contributed by atoms with van der Waals surface area (Å²) < 4.78 is 15.5. The zero-order chi connectivity index (χ0) is 20.0. The zero-order valence-corrected chi connectivity index (χ0v) is 15.7. The summed E-state index contributed by atoms with van der Waals surface area (Å²) in [6.45, 7) is 0. The fourth-order valence-corrected chi connectivity index (χ4v) is 2.45. The molecule has 8 nitrogen and oxygen atoms in total. The lowest BCUT2D eigenvalue weighted by molar-refractivity contribution is 0.0696. The molecule has 0 saturated heterocycles. The Morgan fingerprint density at radius 3 is 2.07 bits per heavy atom. The van der Waals surface area contributed by atoms with Gasteiger partial charge in [-0.15, -0.1) is 0 Å². The molecule has 1 amide bonds. The van der Waals surface area contributed by atoms with E-state index in [9.17, 15) is 9.59 Å². The van der Waals surface area contributed by atoms with Crippen molar-refractivity contribution in [2.24, 2.45) is 0 Å². The van der Waals surface area contributed by atoms with Crippen LogP contribution in [0.15, 0.2) is 36.4 Å². The molecule has 0 aromatic heterocycles. The molecule has 142 valence electrons. The average Bonchev–Trinajstić information content (AvgIpc) is 2.66. The van der Waals surface area contributed by atoms with Crippen molar-refractivity contribution < 1.29 is 28.9 Å². The predicted molar refractivity (Wildman–Crippen MR) is 103 cm³/mol. The lowest BCUT2D eigenvalue weighted by atomic mass is 10.2. The molecule has 0 saturated carbocycles. The lowest BCUT2D eigenvalue weighted by Gasteiger charge is -2.14. The van der Waals surface area contributed by atoms with Crippen molar-refractivity contribution in [3.05, 3.63) is 47.5 Å². The van der Waals surface area contributed by atoms with Crippen molar-refractivity contribution in [2.75, 3.05) is 26.6 Å². The van der Waals surface area contributed by atoms with Gasteiger partial charge in [-0.2, -0.15) is 0 Å². The fraction of sp³-hybridized carbons (Fsp3) is 0.167. The number of ether oxygens (including phenoxy) is 3. The second-order valence-electron chi connectivity index (χ2n) is 5.20. The number of carbonyl (C=O) groups is 2. The molecule has 27 heavy (non-hydrogen) atoms. The lowest BCUT2D eigenvalue weighted by Crippen LogP contribution is -2.34. The maximum absolute atomic E-state index is 12.4. The quantitative estimate of drug-likeness (QED) is 0.646. The Morgan fingerprint density at radius 2 is 1.48 bits per heavy atom. The summed E-state index contributed by atoms with van der Waals surface area (Å²) in [5, 5.41) is 14.4. The van der Waals surface area contributed by atoms with Crippen molar-refractivity contribution >= 4 is 34.9 Å². The van der Waals surface area contributed by atoms with Crippen LogP contribution in [-0.4, -0.2) is 43.4 Å². The van der Waals surface area contributed by atoms with Crippen molar-refractivity contribution in [1.82, 2.24) is 5.32 Å². The molecular formula is C18H18N2O6S. The van der Waals surface area contributed by atoms with E-state index in [1.54, 1.807) is 12.1 Å². The Kier molecular flexibility index (Phi) is 6.56. The van der Waals surface area contributed by atoms with Crippen LogP contribution in [0.3, 0.4) is 0 Å². The first-order chi connectivity index (χ1) is 12.9. The van der Waals surface area contributed by atoms with Gasteiger partial charge in [0, 0.05) is 5.56 Å². The van der Waals surface area contributed by atoms with Gasteiger partial charge >= 0.3 is 5.97 Å². The molecule has 0 aliphatic carbocycles. The maximum atomic E-state index is 12.4. The largest absolute Gasteiger partial charge is 0.495 e. The number of methoxy groups -OCH3 is 3. The number of nitrogens with one attached hydrogen (secondary N) is 2. The second kappa shape index (κ2) is 8.86. The summed E-state index contributed by atoms with van der Waals surface area (Å²) in [6, 6.07) is 8.93. The average molecular weight is 390 g/mol. The van der Waals surface area contributed by atoms with Crippen LogP contribution in [0.25, 0.3) is 0 Å². The number of carboxylic acid groups (broad SMARTS) is 1. The summed E-state index contributed by atoms with van der Waals surface area (Å²) in [6.07, 6.45) is 0. The smallest absolute Gasteiger partial charge is 0.335 e. The SMILES string of the molecule is COc1ccc(C(=O)O)cc1NC(=S)NC(=O)c1ccc(OC)c(OC)c1. The van der Waals surface area contributed by atoms with Crippen molar-refractivity contribution in [2.45, 2.75) is 0 Å². The van der Waals surface area contributed by atoms with E-state index in [-0.39, 0.29) is 10.7 Å². The molecular weight excluding hydrogens is 372 g/mol. The van der Waals surface area contributed by atoms with Gasteiger partial charge in [0.1, 0.15) is 5.75 Å². The van der Waals surface area contributed by atoms with Crippen LogP contribution >= 0.6 is 12.2 Å². The van der Waals surface area contributed by atoms with Crippen LogP contribution in [0.5, 0.6) is 17.2 Å². The van der Waals surface area contributed by atoms with Gasteiger partial charge in [0.05, 0.1) is 32.6 Å². The molecule has 0 radical (unpaired) electrons. The van der Waals surface area contributed by atoms with Crippen LogP contribution in [0.1, 0.15) is 20.7 Å². The summed E-state index contributed by atoms with van der Waals surface area (Å²) in [7, 11) is 4.40. The third kappa shape index (κ3) is 4.85. The first kappa shape index (κ1) is 20.0. The summed E-state index contributed by atoms with van der Waals surface area (Å²) in [4.78, 5) is 23.5. The van der Waals surface area contributed by atoms with Gasteiger partial charge in [-0.25, -0.2) is 4.79 Å². The van der Waals surface area contributed by atoms with E-state index < -0.39 is 11.9 Å². The number of rotatable bonds is 6. The first-order valence-corrected chi connectivity index (χ1v) is 8.06. The highest BCUT2D eigenvalue weighted by molar-refractivity contribution is 7.80. The van der Waals surface area contributed by atoms with Crippen LogP contribution in [-0.2, 0) is 0 Å². The highest BCUT2D eigenvalue weighted by atomic mass is 32.1. The van der Waals surface area contributed by atoms with E-state index >= 15 is 0 Å². The summed E-state index contributed by atoms with van der Waals surface area (Å²) in [5.41, 5.74) is 0.672. The molecule has 0 fully saturated rings. The highest BCUT2D eigenvalue weighted by Crippen LogP contribution is 2.28. The van der Waals surface area contributed by atoms with Gasteiger partial charge in [0.25, 0.3) is 5.91 Å². The van der Waals surface area contributed by atoms with Gasteiger partial charge in [-0.3, -0.25) is 10.1 Å². The summed E-state index contributed by atoms with van der Waals surface area (Å²) in [5.74, 6) is -0.296.